The molecule has 0 fully saturated rings. The van der Waals surface area contributed by atoms with Gasteiger partial charge in [-0.2, -0.15) is 0 Å². The minimum atomic E-state index is -4.43. The molecule has 0 unspecified atom stereocenters. The maximum Gasteiger partial charge on any atom is 2.00 e. The van der Waals surface area contributed by atoms with Crippen LogP contribution in [0.2, 0.25) is 0 Å². The van der Waals surface area contributed by atoms with E-state index in [2.05, 4.69) is 52.0 Å². The molecule has 4 aromatic carbocycles. The van der Waals surface area contributed by atoms with Gasteiger partial charge in [0.15, 0.2) is 0 Å². The van der Waals surface area contributed by atoms with Crippen molar-refractivity contribution in [2.45, 2.75) is 243 Å². The molecule has 0 amide bonds. The summed E-state index contributed by atoms with van der Waals surface area (Å²) in [5.41, 5.74) is 5.13. The van der Waals surface area contributed by atoms with Crippen molar-refractivity contribution < 1.29 is 45.4 Å². The quantitative estimate of drug-likeness (QED) is 0.0262. The van der Waals surface area contributed by atoms with Gasteiger partial charge in [-0.1, -0.05) is 218 Å². The smallest absolute Gasteiger partial charge is 0.744 e. The zero-order chi connectivity index (χ0) is 46.5. The Morgan fingerprint density at radius 3 is 0.877 bits per heavy atom. The van der Waals surface area contributed by atoms with Gasteiger partial charge < -0.3 is 9.11 Å². The van der Waals surface area contributed by atoms with Gasteiger partial charge in [0.25, 0.3) is 0 Å². The summed E-state index contributed by atoms with van der Waals surface area (Å²) >= 11 is 0. The summed E-state index contributed by atoms with van der Waals surface area (Å²) in [6, 6.07) is 18.6. The average molecular weight is 985 g/mol. The van der Waals surface area contributed by atoms with E-state index in [0.717, 1.165) is 72.9 Å². The first-order valence-electron chi connectivity index (χ1n) is 25.9. The number of aryl methyl sites for hydroxylation is 4. The van der Waals surface area contributed by atoms with E-state index in [4.69, 9.17) is 0 Å². The third-order valence-corrected chi connectivity index (χ3v) is 14.6. The third-order valence-electron chi connectivity index (χ3n) is 13.0. The minimum absolute atomic E-state index is 0. The second-order valence-electron chi connectivity index (χ2n) is 18.7. The molecule has 360 valence electrons. The Hall–Kier alpha value is -2.16. The largest absolute Gasteiger partial charge is 2.00 e. The second-order valence-corrected chi connectivity index (χ2v) is 21.4. The fourth-order valence-corrected chi connectivity index (χ4v) is 10.1. The van der Waals surface area contributed by atoms with Crippen LogP contribution in [0.1, 0.15) is 230 Å². The summed E-state index contributed by atoms with van der Waals surface area (Å²) in [5.74, 6) is 0. The molecule has 0 N–H and O–H groups in total. The van der Waals surface area contributed by atoms with E-state index in [-0.39, 0.29) is 29.3 Å². The molecule has 0 saturated heterocycles. The van der Waals surface area contributed by atoms with Gasteiger partial charge in [-0.25, -0.2) is 16.8 Å². The molecule has 6 nitrogen and oxygen atoms in total. The number of hydrogen-bond acceptors (Lipinski definition) is 6. The Balaban J connectivity index is 0.000000440. The van der Waals surface area contributed by atoms with Gasteiger partial charge in [-0.3, -0.25) is 0 Å². The topological polar surface area (TPSA) is 114 Å². The Morgan fingerprint density at radius 2 is 0.600 bits per heavy atom. The predicted molar refractivity (Wildman–Crippen MR) is 271 cm³/mol. The number of benzene rings is 4. The van der Waals surface area contributed by atoms with E-state index >= 15 is 0 Å². The van der Waals surface area contributed by atoms with Crippen molar-refractivity contribution in [1.82, 2.24) is 0 Å². The Bertz CT molecular complexity index is 1960. The van der Waals surface area contributed by atoms with Crippen LogP contribution >= 0.6 is 0 Å². The molecule has 0 heterocycles. The second kappa shape index (κ2) is 34.2. The van der Waals surface area contributed by atoms with Crippen molar-refractivity contribution in [1.29, 1.82) is 0 Å². The van der Waals surface area contributed by atoms with E-state index in [9.17, 15) is 25.9 Å². The van der Waals surface area contributed by atoms with Gasteiger partial charge in [0.1, 0.15) is 20.2 Å². The number of rotatable bonds is 34. The van der Waals surface area contributed by atoms with Gasteiger partial charge in [0.05, 0.1) is 9.79 Å². The molecule has 0 saturated carbocycles. The Labute approximate surface area is 410 Å². The SMILES string of the molecule is CCCCCCCCCc1cc(CCCCCCCCC)c2ccc(S(=O)(=O)[O-])cc2c1.CCCCCCCCCc1cc(CCCCCCCCC)c2ccc(S(=O)(=O)[O-])cc2c1.[Zn+2]. The van der Waals surface area contributed by atoms with Gasteiger partial charge >= 0.3 is 19.5 Å². The number of hydrogen-bond donors (Lipinski definition) is 0. The fraction of sp³-hybridized carbons (Fsp3) is 0.643. The molecular weight excluding hydrogens is 898 g/mol. The van der Waals surface area contributed by atoms with Crippen LogP contribution in [-0.4, -0.2) is 25.9 Å². The normalized spacial score (nSPS) is 11.8. The zero-order valence-corrected chi connectivity index (χ0v) is 46.0. The molecule has 65 heavy (non-hydrogen) atoms. The van der Waals surface area contributed by atoms with E-state index in [0.29, 0.717) is 0 Å². The molecule has 0 radical (unpaired) electrons. The summed E-state index contributed by atoms with van der Waals surface area (Å²) < 4.78 is 69.2. The van der Waals surface area contributed by atoms with Crippen LogP contribution in [-0.2, 0) is 65.4 Å². The van der Waals surface area contributed by atoms with Crippen molar-refractivity contribution in [2.24, 2.45) is 0 Å². The van der Waals surface area contributed by atoms with Crippen LogP contribution in [0.5, 0.6) is 0 Å². The summed E-state index contributed by atoms with van der Waals surface area (Å²) in [7, 11) is -8.87. The predicted octanol–water partition coefficient (Wildman–Crippen LogP) is 16.7. The molecule has 0 aliphatic rings. The van der Waals surface area contributed by atoms with Crippen molar-refractivity contribution in [3.8, 4) is 0 Å². The van der Waals surface area contributed by atoms with Crippen LogP contribution in [0.3, 0.4) is 0 Å². The maximum atomic E-state index is 11.5. The first-order chi connectivity index (χ1) is 30.9. The first-order valence-corrected chi connectivity index (χ1v) is 28.8. The maximum absolute atomic E-state index is 11.5. The molecule has 0 aliphatic heterocycles. The van der Waals surface area contributed by atoms with Crippen molar-refractivity contribution >= 4 is 41.8 Å². The zero-order valence-electron chi connectivity index (χ0n) is 41.4. The van der Waals surface area contributed by atoms with Crippen molar-refractivity contribution in [3.05, 3.63) is 82.9 Å². The Morgan fingerprint density at radius 1 is 0.338 bits per heavy atom. The fourth-order valence-electron chi connectivity index (χ4n) is 9.12. The molecule has 0 aliphatic carbocycles. The molecule has 4 rings (SSSR count). The molecular formula is C56H86O6S2Zn. The average Bonchev–Trinajstić information content (AvgIpc) is 3.27. The van der Waals surface area contributed by atoms with Crippen LogP contribution in [0.25, 0.3) is 21.5 Å². The van der Waals surface area contributed by atoms with Crippen molar-refractivity contribution in [3.63, 3.8) is 0 Å². The first kappa shape index (κ1) is 59.0. The Kier molecular flexibility index (Phi) is 31.0. The third kappa shape index (κ3) is 24.1. The molecule has 9 heteroatoms. The van der Waals surface area contributed by atoms with Crippen LogP contribution in [0.4, 0.5) is 0 Å². The van der Waals surface area contributed by atoms with Crippen molar-refractivity contribution in [2.75, 3.05) is 0 Å². The van der Waals surface area contributed by atoms with E-state index in [1.165, 1.54) is 188 Å². The van der Waals surface area contributed by atoms with E-state index in [1.54, 1.807) is 12.1 Å². The number of fused-ring (bicyclic) bond motifs is 2. The molecule has 0 aromatic heterocycles. The minimum Gasteiger partial charge on any atom is -0.744 e. The van der Waals surface area contributed by atoms with Gasteiger partial charge in [0.2, 0.25) is 0 Å². The van der Waals surface area contributed by atoms with Crippen LogP contribution in [0.15, 0.2) is 70.5 Å². The van der Waals surface area contributed by atoms with Gasteiger partial charge in [-0.05, 0) is 119 Å². The summed E-state index contributed by atoms with van der Waals surface area (Å²) in [4.78, 5) is -0.250. The summed E-state index contributed by atoms with van der Waals surface area (Å²) in [6.07, 6.45) is 39.8. The van der Waals surface area contributed by atoms with Crippen LogP contribution < -0.4 is 0 Å². The summed E-state index contributed by atoms with van der Waals surface area (Å²) in [6.45, 7) is 8.97. The molecule has 4 aromatic rings. The number of unbranched alkanes of at least 4 members (excludes halogenated alkanes) is 24. The van der Waals surface area contributed by atoms with E-state index < -0.39 is 20.2 Å². The van der Waals surface area contributed by atoms with Crippen LogP contribution in [0, 0.1) is 0 Å². The molecule has 0 atom stereocenters. The molecule has 0 bridgehead atoms. The van der Waals surface area contributed by atoms with Gasteiger partial charge in [0, 0.05) is 0 Å². The standard InChI is InChI=1S/2C28H44O3S.Zn/c2*1-3-5-7-9-11-13-15-17-24-21-25(18-16-14-12-10-8-6-4-2)28-20-19-27(32(29,30)31)23-26(28)22-24;/h2*19-23H,3-18H2,1-2H3,(H,29,30,31);/q;;+2/p-2. The van der Waals surface area contributed by atoms with Gasteiger partial charge in [-0.15, -0.1) is 0 Å². The summed E-state index contributed by atoms with van der Waals surface area (Å²) in [5, 5.41) is 3.96. The monoisotopic (exact) mass is 983 g/mol. The molecule has 0 spiro atoms. The van der Waals surface area contributed by atoms with E-state index in [1.807, 2.05) is 12.1 Å².